The Bertz CT molecular complexity index is 391. The predicted molar refractivity (Wildman–Crippen MR) is 56.7 cm³/mol. The van der Waals surface area contributed by atoms with Crippen LogP contribution in [0.25, 0.3) is 0 Å². The molecule has 1 aromatic heterocycles. The maximum Gasteiger partial charge on any atom is 0.405 e. The quantitative estimate of drug-likeness (QED) is 0.892. The Morgan fingerprint density at radius 1 is 1.50 bits per heavy atom. The fourth-order valence-corrected chi connectivity index (χ4v) is 2.00. The van der Waals surface area contributed by atoms with Crippen molar-refractivity contribution in [1.82, 2.24) is 15.1 Å². The third kappa shape index (κ3) is 4.52. The first-order chi connectivity index (χ1) is 7.28. The van der Waals surface area contributed by atoms with Crippen LogP contribution in [-0.2, 0) is 11.3 Å². The topological polar surface area (TPSA) is 46.9 Å². The summed E-state index contributed by atoms with van der Waals surface area (Å²) in [4.78, 5) is 11.1. The van der Waals surface area contributed by atoms with Gasteiger partial charge in [-0.15, -0.1) is 0 Å². The van der Waals surface area contributed by atoms with Crippen molar-refractivity contribution in [3.8, 4) is 0 Å². The largest absolute Gasteiger partial charge is 0.405 e. The zero-order valence-corrected chi connectivity index (χ0v) is 10.9. The summed E-state index contributed by atoms with van der Waals surface area (Å²) >= 11 is 6.17. The van der Waals surface area contributed by atoms with Gasteiger partial charge in [0.05, 0.1) is 0 Å². The normalized spacial score (nSPS) is 11.6. The van der Waals surface area contributed by atoms with Gasteiger partial charge in [-0.2, -0.15) is 18.3 Å². The van der Waals surface area contributed by atoms with Crippen LogP contribution in [0.3, 0.4) is 0 Å². The summed E-state index contributed by atoms with van der Waals surface area (Å²) in [6.07, 6.45) is -4.41. The summed E-state index contributed by atoms with van der Waals surface area (Å²) < 4.78 is 37.6. The van der Waals surface area contributed by atoms with E-state index in [0.29, 0.717) is 9.21 Å². The van der Waals surface area contributed by atoms with Crippen molar-refractivity contribution in [1.29, 1.82) is 0 Å². The van der Waals surface area contributed by atoms with E-state index in [9.17, 15) is 18.0 Å². The second-order valence-electron chi connectivity index (χ2n) is 2.84. The standard InChI is InChI=1S/C7H6Br2F3N3O/c8-4-1-5(9)15(14-4)2-6(16)13-3-7(10,11)12/h1H,2-3H2,(H,13,16). The number of rotatable bonds is 3. The maximum atomic E-state index is 11.8. The second-order valence-corrected chi connectivity index (χ2v) is 4.46. The van der Waals surface area contributed by atoms with Crippen molar-refractivity contribution in [3.63, 3.8) is 0 Å². The first kappa shape index (κ1) is 13.5. The summed E-state index contributed by atoms with van der Waals surface area (Å²) in [5.41, 5.74) is 0. The zero-order chi connectivity index (χ0) is 12.3. The molecule has 0 aromatic carbocycles. The summed E-state index contributed by atoms with van der Waals surface area (Å²) in [5, 5.41) is 5.59. The minimum absolute atomic E-state index is 0.276. The molecule has 1 amide bonds. The molecule has 1 N–H and O–H groups in total. The van der Waals surface area contributed by atoms with Crippen LogP contribution in [0.5, 0.6) is 0 Å². The van der Waals surface area contributed by atoms with Crippen molar-refractivity contribution >= 4 is 37.8 Å². The highest BCUT2D eigenvalue weighted by molar-refractivity contribution is 9.11. The average Bonchev–Trinajstić information content (AvgIpc) is 2.41. The number of amides is 1. The second kappa shape index (κ2) is 5.17. The van der Waals surface area contributed by atoms with Crippen LogP contribution in [0, 0.1) is 0 Å². The molecule has 0 aliphatic heterocycles. The number of hydrogen-bond donors (Lipinski definition) is 1. The van der Waals surface area contributed by atoms with E-state index in [4.69, 9.17) is 0 Å². The molecular formula is C7H6Br2F3N3O. The molecular weight excluding hydrogens is 359 g/mol. The van der Waals surface area contributed by atoms with Gasteiger partial charge in [0, 0.05) is 6.07 Å². The SMILES string of the molecule is O=C(Cn1nc(Br)cc1Br)NCC(F)(F)F. The molecule has 1 aromatic rings. The fraction of sp³-hybridized carbons (Fsp3) is 0.429. The highest BCUT2D eigenvalue weighted by Gasteiger charge is 2.27. The van der Waals surface area contributed by atoms with Gasteiger partial charge in [0.25, 0.3) is 0 Å². The predicted octanol–water partition coefficient (Wildman–Crippen LogP) is 2.09. The third-order valence-electron chi connectivity index (χ3n) is 1.48. The molecule has 9 heteroatoms. The van der Waals surface area contributed by atoms with E-state index < -0.39 is 18.6 Å². The number of aromatic nitrogens is 2. The number of hydrogen-bond acceptors (Lipinski definition) is 2. The van der Waals surface area contributed by atoms with Crippen LogP contribution >= 0.6 is 31.9 Å². The molecule has 0 saturated heterocycles. The van der Waals surface area contributed by atoms with Crippen molar-refractivity contribution in [3.05, 3.63) is 15.3 Å². The Balaban J connectivity index is 2.49. The molecule has 0 saturated carbocycles. The summed E-state index contributed by atoms with van der Waals surface area (Å²) in [6.45, 7) is -1.62. The van der Waals surface area contributed by atoms with E-state index in [0.717, 1.165) is 0 Å². The number of alkyl halides is 3. The van der Waals surface area contributed by atoms with E-state index >= 15 is 0 Å². The minimum atomic E-state index is -4.41. The summed E-state index contributed by atoms with van der Waals surface area (Å²) in [6, 6.07) is 1.58. The van der Waals surface area contributed by atoms with Gasteiger partial charge in [0.15, 0.2) is 0 Å². The molecule has 0 aliphatic carbocycles. The highest BCUT2D eigenvalue weighted by atomic mass is 79.9. The van der Waals surface area contributed by atoms with Gasteiger partial charge in [-0.1, -0.05) is 0 Å². The number of nitrogens with one attached hydrogen (secondary N) is 1. The molecule has 0 fully saturated rings. The number of carbonyl (C=O) groups excluding carboxylic acids is 1. The van der Waals surface area contributed by atoms with Gasteiger partial charge in [-0.05, 0) is 31.9 Å². The third-order valence-corrected chi connectivity index (χ3v) is 2.51. The van der Waals surface area contributed by atoms with Crippen LogP contribution in [-0.4, -0.2) is 28.4 Å². The Hall–Kier alpha value is -0.570. The van der Waals surface area contributed by atoms with Crippen LogP contribution in [0.15, 0.2) is 15.3 Å². The van der Waals surface area contributed by atoms with E-state index in [2.05, 4.69) is 37.0 Å². The van der Waals surface area contributed by atoms with Gasteiger partial charge in [0.2, 0.25) is 5.91 Å². The average molecular weight is 365 g/mol. The zero-order valence-electron chi connectivity index (χ0n) is 7.68. The van der Waals surface area contributed by atoms with Gasteiger partial charge in [-0.3, -0.25) is 4.79 Å². The molecule has 16 heavy (non-hydrogen) atoms. The molecule has 0 spiro atoms. The first-order valence-corrected chi connectivity index (χ1v) is 5.59. The van der Waals surface area contributed by atoms with E-state index in [-0.39, 0.29) is 6.54 Å². The Morgan fingerprint density at radius 2 is 2.12 bits per heavy atom. The summed E-state index contributed by atoms with van der Waals surface area (Å²) in [7, 11) is 0. The Morgan fingerprint density at radius 3 is 2.56 bits per heavy atom. The van der Waals surface area contributed by atoms with Gasteiger partial charge in [-0.25, -0.2) is 4.68 Å². The lowest BCUT2D eigenvalue weighted by atomic mass is 10.5. The van der Waals surface area contributed by atoms with Crippen molar-refractivity contribution in [2.24, 2.45) is 0 Å². The number of carbonyl (C=O) groups is 1. The van der Waals surface area contributed by atoms with Gasteiger partial charge < -0.3 is 5.32 Å². The van der Waals surface area contributed by atoms with E-state index in [1.165, 1.54) is 4.68 Å². The molecule has 1 rings (SSSR count). The number of nitrogens with zero attached hydrogens (tertiary/aromatic N) is 2. The van der Waals surface area contributed by atoms with E-state index in [1.54, 1.807) is 11.4 Å². The molecule has 1 heterocycles. The van der Waals surface area contributed by atoms with Crippen molar-refractivity contribution in [2.75, 3.05) is 6.54 Å². The Kier molecular flexibility index (Phi) is 4.36. The van der Waals surface area contributed by atoms with Gasteiger partial charge in [0.1, 0.15) is 22.3 Å². The van der Waals surface area contributed by atoms with Crippen LogP contribution in [0.2, 0.25) is 0 Å². The molecule has 0 atom stereocenters. The monoisotopic (exact) mass is 363 g/mol. The lowest BCUT2D eigenvalue weighted by molar-refractivity contribution is -0.138. The molecule has 4 nitrogen and oxygen atoms in total. The molecule has 0 radical (unpaired) electrons. The highest BCUT2D eigenvalue weighted by Crippen LogP contribution is 2.16. The fourth-order valence-electron chi connectivity index (χ4n) is 0.866. The van der Waals surface area contributed by atoms with E-state index in [1.807, 2.05) is 0 Å². The van der Waals surface area contributed by atoms with Crippen LogP contribution < -0.4 is 5.32 Å². The number of halogens is 5. The molecule has 0 bridgehead atoms. The van der Waals surface area contributed by atoms with Crippen LogP contribution in [0.1, 0.15) is 0 Å². The molecule has 0 aliphatic rings. The smallest absolute Gasteiger partial charge is 0.345 e. The first-order valence-electron chi connectivity index (χ1n) is 4.00. The van der Waals surface area contributed by atoms with Crippen molar-refractivity contribution < 1.29 is 18.0 Å². The Labute approximate surface area is 105 Å². The minimum Gasteiger partial charge on any atom is -0.345 e. The maximum absolute atomic E-state index is 11.8. The lowest BCUT2D eigenvalue weighted by Gasteiger charge is -2.08. The van der Waals surface area contributed by atoms with Crippen molar-refractivity contribution in [2.45, 2.75) is 12.7 Å². The van der Waals surface area contributed by atoms with Crippen LogP contribution in [0.4, 0.5) is 13.2 Å². The summed E-state index contributed by atoms with van der Waals surface area (Å²) in [5.74, 6) is -0.756. The van der Waals surface area contributed by atoms with Gasteiger partial charge >= 0.3 is 6.18 Å². The molecule has 90 valence electrons. The lowest BCUT2D eigenvalue weighted by Crippen LogP contribution is -2.36. The molecule has 0 unspecified atom stereocenters.